The molecule has 6 rings (SSSR count). The largest absolute Gasteiger partial charge is 0.297 e. The number of fused-ring (bicyclic) bond motifs is 7. The molecule has 11 atom stereocenters. The molecule has 11 unspecified atom stereocenters. The minimum atomic E-state index is -1.04. The molecule has 0 aliphatic heterocycles. The molecule has 5 fully saturated rings. The Hall–Kier alpha value is -0.970. The van der Waals surface area contributed by atoms with Crippen LogP contribution in [-0.4, -0.2) is 26.0 Å². The lowest BCUT2D eigenvalue weighted by molar-refractivity contribution is -0.134. The molecule has 31 heavy (non-hydrogen) atoms. The molecule has 4 nitrogen and oxygen atoms in total. The summed E-state index contributed by atoms with van der Waals surface area (Å²) in [6, 6.07) is 0. The van der Waals surface area contributed by atoms with E-state index in [2.05, 4.69) is 18.9 Å². The van der Waals surface area contributed by atoms with E-state index in [0.29, 0.717) is 23.1 Å². The van der Waals surface area contributed by atoms with Crippen LogP contribution in [0, 0.1) is 58.7 Å². The summed E-state index contributed by atoms with van der Waals surface area (Å²) in [6.45, 7) is 5.29. The summed E-state index contributed by atoms with van der Waals surface area (Å²) in [6.07, 6.45) is 16.3. The van der Waals surface area contributed by atoms with Gasteiger partial charge in [-0.15, -0.1) is 0 Å². The van der Waals surface area contributed by atoms with Crippen molar-refractivity contribution >= 4 is 16.6 Å². The number of rotatable bonds is 4. The SMILES string of the molecule is CC1CCC2C(CCC3C2CCC2(C)C(C(=O)Cn4cc(S(C)=O)cn4)C4CC4C32)C1. The van der Waals surface area contributed by atoms with Gasteiger partial charge in [-0.1, -0.05) is 20.3 Å². The monoisotopic (exact) mass is 442 g/mol. The van der Waals surface area contributed by atoms with Crippen LogP contribution in [0.1, 0.15) is 65.2 Å². The van der Waals surface area contributed by atoms with Gasteiger partial charge in [0.25, 0.3) is 0 Å². The molecule has 170 valence electrons. The first kappa shape index (κ1) is 20.6. The van der Waals surface area contributed by atoms with Crippen LogP contribution in [0.25, 0.3) is 0 Å². The second-order valence-electron chi connectivity index (χ2n) is 12.2. The first-order chi connectivity index (χ1) is 14.9. The third-order valence-corrected chi connectivity index (χ3v) is 11.5. The number of hydrogen-bond donors (Lipinski definition) is 0. The molecule has 1 aromatic rings. The molecule has 5 heteroatoms. The van der Waals surface area contributed by atoms with Crippen molar-refractivity contribution in [3.05, 3.63) is 12.4 Å². The fraction of sp³-hybridized carbons (Fsp3) is 0.846. The van der Waals surface area contributed by atoms with Gasteiger partial charge in [-0.25, -0.2) is 0 Å². The Labute approximate surface area is 189 Å². The van der Waals surface area contributed by atoms with Gasteiger partial charge in [0.2, 0.25) is 0 Å². The van der Waals surface area contributed by atoms with Crippen LogP contribution >= 0.6 is 0 Å². The van der Waals surface area contributed by atoms with Gasteiger partial charge in [-0.05, 0) is 97.7 Å². The second-order valence-corrected chi connectivity index (χ2v) is 13.5. The van der Waals surface area contributed by atoms with Crippen molar-refractivity contribution in [2.45, 2.75) is 76.7 Å². The maximum Gasteiger partial charge on any atom is 0.158 e. The molecular weight excluding hydrogens is 404 g/mol. The molecule has 0 bridgehead atoms. The normalized spacial score (nSPS) is 48.8. The molecule has 5 aliphatic rings. The van der Waals surface area contributed by atoms with E-state index in [1.165, 1.54) is 51.4 Å². The van der Waals surface area contributed by atoms with E-state index in [4.69, 9.17) is 0 Å². The molecule has 0 amide bonds. The van der Waals surface area contributed by atoms with Crippen molar-refractivity contribution in [1.29, 1.82) is 0 Å². The molecule has 0 spiro atoms. The Morgan fingerprint density at radius 3 is 2.68 bits per heavy atom. The number of carbonyl (C=O) groups is 1. The minimum Gasteiger partial charge on any atom is -0.297 e. The van der Waals surface area contributed by atoms with Gasteiger partial charge in [0.05, 0.1) is 28.4 Å². The summed E-state index contributed by atoms with van der Waals surface area (Å²) < 4.78 is 13.5. The highest BCUT2D eigenvalue weighted by molar-refractivity contribution is 7.84. The molecule has 0 aromatic carbocycles. The van der Waals surface area contributed by atoms with Crippen LogP contribution in [0.2, 0.25) is 0 Å². The van der Waals surface area contributed by atoms with Crippen LogP contribution in [-0.2, 0) is 22.1 Å². The zero-order valence-electron chi connectivity index (χ0n) is 19.3. The lowest BCUT2D eigenvalue weighted by Gasteiger charge is -2.57. The van der Waals surface area contributed by atoms with Crippen LogP contribution < -0.4 is 0 Å². The minimum absolute atomic E-state index is 0.199. The van der Waals surface area contributed by atoms with Crippen molar-refractivity contribution in [3.8, 4) is 0 Å². The standard InChI is InChI=1S/C26H38N2O2S/c1-15-4-6-18-16(10-15)5-7-20-19(18)8-9-26(2)24(20)21-11-22(21)25(26)23(29)14-28-13-17(12-27-28)31(3)30/h12-13,15-16,18-22,24-25H,4-11,14H2,1-3H3. The quantitative estimate of drug-likeness (QED) is 0.663. The van der Waals surface area contributed by atoms with Crippen LogP contribution in [0.3, 0.4) is 0 Å². The average Bonchev–Trinajstić information content (AvgIpc) is 3.22. The highest BCUT2D eigenvalue weighted by atomic mass is 32.2. The van der Waals surface area contributed by atoms with Crippen LogP contribution in [0.15, 0.2) is 17.3 Å². The van der Waals surface area contributed by atoms with Gasteiger partial charge >= 0.3 is 0 Å². The van der Waals surface area contributed by atoms with Gasteiger partial charge in [-0.2, -0.15) is 5.10 Å². The predicted molar refractivity (Wildman–Crippen MR) is 122 cm³/mol. The first-order valence-corrected chi connectivity index (χ1v) is 14.3. The van der Waals surface area contributed by atoms with Gasteiger partial charge in [0.15, 0.2) is 5.78 Å². The number of ketones is 1. The van der Waals surface area contributed by atoms with E-state index in [-0.39, 0.29) is 11.3 Å². The van der Waals surface area contributed by atoms with Crippen molar-refractivity contribution < 1.29 is 9.00 Å². The Morgan fingerprint density at radius 2 is 1.90 bits per heavy atom. The van der Waals surface area contributed by atoms with E-state index in [0.717, 1.165) is 41.4 Å². The summed E-state index contributed by atoms with van der Waals surface area (Å²) in [7, 11) is -1.04. The van der Waals surface area contributed by atoms with Gasteiger partial charge in [0.1, 0.15) is 0 Å². The van der Waals surface area contributed by atoms with Crippen molar-refractivity contribution in [1.82, 2.24) is 9.78 Å². The molecule has 0 saturated heterocycles. The summed E-state index contributed by atoms with van der Waals surface area (Å²) in [5.74, 6) is 7.52. The lowest BCUT2D eigenvalue weighted by Crippen LogP contribution is -2.51. The summed E-state index contributed by atoms with van der Waals surface area (Å²) in [5, 5.41) is 4.33. The predicted octanol–water partition coefficient (Wildman–Crippen LogP) is 4.95. The molecule has 0 N–H and O–H groups in total. The van der Waals surface area contributed by atoms with Gasteiger partial charge in [0, 0.05) is 18.4 Å². The second kappa shape index (κ2) is 7.27. The van der Waals surface area contributed by atoms with E-state index in [9.17, 15) is 9.00 Å². The molecule has 1 aromatic heterocycles. The summed E-state index contributed by atoms with van der Waals surface area (Å²) in [4.78, 5) is 14.3. The Kier molecular flexibility index (Phi) is 4.83. The summed E-state index contributed by atoms with van der Waals surface area (Å²) >= 11 is 0. The molecule has 5 saturated carbocycles. The van der Waals surface area contributed by atoms with Gasteiger partial charge in [-0.3, -0.25) is 13.7 Å². The number of Topliss-reactive ketones (excluding diaryl/α,β-unsaturated/α-hetero) is 1. The Morgan fingerprint density at radius 1 is 1.10 bits per heavy atom. The molecular formula is C26H38N2O2S. The average molecular weight is 443 g/mol. The zero-order chi connectivity index (χ0) is 21.5. The maximum absolute atomic E-state index is 13.6. The van der Waals surface area contributed by atoms with Crippen molar-refractivity contribution in [3.63, 3.8) is 0 Å². The van der Waals surface area contributed by atoms with E-state index >= 15 is 0 Å². The first-order valence-electron chi connectivity index (χ1n) is 12.8. The van der Waals surface area contributed by atoms with Crippen LogP contribution in [0.5, 0.6) is 0 Å². The fourth-order valence-corrected chi connectivity index (χ4v) is 9.96. The topological polar surface area (TPSA) is 52.0 Å². The van der Waals surface area contributed by atoms with Crippen molar-refractivity contribution in [2.24, 2.45) is 58.7 Å². The van der Waals surface area contributed by atoms with E-state index in [1.807, 2.05) is 0 Å². The zero-order valence-corrected chi connectivity index (χ0v) is 20.2. The smallest absolute Gasteiger partial charge is 0.158 e. The molecule has 0 radical (unpaired) electrons. The highest BCUT2D eigenvalue weighted by Crippen LogP contribution is 2.74. The third kappa shape index (κ3) is 3.15. The summed E-state index contributed by atoms with van der Waals surface area (Å²) in [5.41, 5.74) is 0.199. The van der Waals surface area contributed by atoms with Gasteiger partial charge < -0.3 is 0 Å². The highest BCUT2D eigenvalue weighted by Gasteiger charge is 2.70. The van der Waals surface area contributed by atoms with Crippen molar-refractivity contribution in [2.75, 3.05) is 6.26 Å². The van der Waals surface area contributed by atoms with E-state index in [1.54, 1.807) is 23.3 Å². The van der Waals surface area contributed by atoms with E-state index < -0.39 is 10.8 Å². The fourth-order valence-electron chi connectivity index (χ4n) is 9.50. The third-order valence-electron chi connectivity index (χ3n) is 10.6. The van der Waals surface area contributed by atoms with Crippen LogP contribution in [0.4, 0.5) is 0 Å². The number of hydrogen-bond acceptors (Lipinski definition) is 3. The Bertz CT molecular complexity index is 911. The molecule has 5 aliphatic carbocycles. The number of aromatic nitrogens is 2. The lowest BCUT2D eigenvalue weighted by atomic mass is 9.48. The molecule has 1 heterocycles. The number of carbonyl (C=O) groups excluding carboxylic acids is 1. The number of nitrogens with zero attached hydrogens (tertiary/aromatic N) is 2. The maximum atomic E-state index is 13.6. The Balaban J connectivity index is 1.22.